The van der Waals surface area contributed by atoms with Gasteiger partial charge in [-0.2, -0.15) is 0 Å². The predicted molar refractivity (Wildman–Crippen MR) is 239 cm³/mol. The lowest BCUT2D eigenvalue weighted by Crippen LogP contribution is -2.28. The van der Waals surface area contributed by atoms with E-state index in [-0.39, 0.29) is 48.4 Å². The summed E-state index contributed by atoms with van der Waals surface area (Å²) in [6, 6.07) is 1.95. The fraction of sp³-hybridized carbons (Fsp3) is 0.548. The predicted octanol–water partition coefficient (Wildman–Crippen LogP) is 7.51. The second-order valence-electron chi connectivity index (χ2n) is 16.9. The molecule has 0 fully saturated rings. The number of thiocarbonyl (C=S) groups is 1. The van der Waals surface area contributed by atoms with Gasteiger partial charge in [-0.15, -0.1) is 0 Å². The molecule has 2 heterocycles. The topological polar surface area (TPSA) is 210 Å². The molecule has 0 aromatic heterocycles. The first-order valence-corrected chi connectivity index (χ1v) is 27.6. The number of Topliss-reactive ketones (excluding diaryl/α,β-unsaturated/α-hetero) is 1. The number of hydrogen-bond donors (Lipinski definition) is 3. The number of esters is 3. The van der Waals surface area contributed by atoms with Crippen LogP contribution in [0.15, 0.2) is 11.6 Å². The largest absolute Gasteiger partial charge is 0.496 e. The van der Waals surface area contributed by atoms with Crippen LogP contribution in [-0.2, 0) is 59.9 Å². The summed E-state index contributed by atoms with van der Waals surface area (Å²) in [5.74, 6) is 1.42. The molecule has 19 heteroatoms. The highest BCUT2D eigenvalue weighted by Gasteiger charge is 2.35. The third kappa shape index (κ3) is 16.0. The highest BCUT2D eigenvalue weighted by Crippen LogP contribution is 2.44. The lowest BCUT2D eigenvalue weighted by atomic mass is 9.94. The molecule has 0 bridgehead atoms. The van der Waals surface area contributed by atoms with Gasteiger partial charge >= 0.3 is 17.9 Å². The molecule has 0 saturated heterocycles. The fourth-order valence-electron chi connectivity index (χ4n) is 6.32. The number of methoxy groups -OCH3 is 3. The SMILES string of the molecule is COC(=O)CC/C(C)=C/Cc1c(OC)c(C)c2c(c1OCC[Si](C)(C)C)C(=O)OC2.COc1c(C)c2c(c(OCC[Si](C)(C)C)c1CC(C)=O)C(=O)OC2.NC(=S)NOOO. The first-order chi connectivity index (χ1) is 28.5. The molecule has 61 heavy (non-hydrogen) atoms. The number of nitrogens with one attached hydrogen (secondary N) is 1. The van der Waals surface area contributed by atoms with Crippen LogP contribution in [0.3, 0.4) is 0 Å². The van der Waals surface area contributed by atoms with Gasteiger partial charge in [0.1, 0.15) is 53.1 Å². The molecule has 0 aliphatic carbocycles. The van der Waals surface area contributed by atoms with Gasteiger partial charge in [0.25, 0.3) is 0 Å². The Balaban J connectivity index is 0.000000369. The molecule has 0 atom stereocenters. The van der Waals surface area contributed by atoms with E-state index in [1.807, 2.05) is 26.3 Å². The van der Waals surface area contributed by atoms with Gasteiger partial charge in [0, 0.05) is 51.2 Å². The van der Waals surface area contributed by atoms with Gasteiger partial charge in [-0.05, 0) is 81.0 Å². The van der Waals surface area contributed by atoms with E-state index in [1.54, 1.807) is 14.2 Å². The van der Waals surface area contributed by atoms with Crippen molar-refractivity contribution < 1.29 is 67.6 Å². The highest BCUT2D eigenvalue weighted by molar-refractivity contribution is 7.80. The van der Waals surface area contributed by atoms with Crippen molar-refractivity contribution in [2.45, 2.75) is 118 Å². The second kappa shape index (κ2) is 24.2. The van der Waals surface area contributed by atoms with Crippen molar-refractivity contribution in [1.82, 2.24) is 5.48 Å². The third-order valence-electron chi connectivity index (χ3n) is 9.66. The Labute approximate surface area is 366 Å². The number of nitrogens with two attached hydrogens (primary N) is 1. The Morgan fingerprint density at radius 2 is 1.25 bits per heavy atom. The number of carbonyl (C=O) groups excluding carboxylic acids is 4. The van der Waals surface area contributed by atoms with Crippen molar-refractivity contribution in [1.29, 1.82) is 0 Å². The van der Waals surface area contributed by atoms with E-state index in [1.165, 1.54) is 14.0 Å². The molecule has 16 nitrogen and oxygen atoms in total. The number of ether oxygens (including phenoxy) is 7. The molecule has 0 unspecified atom stereocenters. The van der Waals surface area contributed by atoms with E-state index in [0.29, 0.717) is 66.4 Å². The van der Waals surface area contributed by atoms with Gasteiger partial charge in [-0.3, -0.25) is 9.59 Å². The Kier molecular flexibility index (Phi) is 20.9. The smallest absolute Gasteiger partial charge is 0.342 e. The van der Waals surface area contributed by atoms with Crippen LogP contribution in [0.4, 0.5) is 0 Å². The van der Waals surface area contributed by atoms with Crippen molar-refractivity contribution in [3.63, 3.8) is 0 Å². The monoisotopic (exact) mass is 908 g/mol. The number of hydrogen-bond acceptors (Lipinski definition) is 15. The molecule has 340 valence electrons. The summed E-state index contributed by atoms with van der Waals surface area (Å²) in [6.45, 7) is 22.5. The molecule has 4 rings (SSSR count). The van der Waals surface area contributed by atoms with E-state index < -0.39 is 16.1 Å². The molecular weight excluding hydrogens is 845 g/mol. The molecule has 2 aromatic carbocycles. The van der Waals surface area contributed by atoms with E-state index in [9.17, 15) is 19.2 Å². The zero-order valence-corrected chi connectivity index (χ0v) is 40.7. The van der Waals surface area contributed by atoms with E-state index >= 15 is 0 Å². The number of allylic oxidation sites excluding steroid dienone is 2. The normalized spacial score (nSPS) is 13.0. The zero-order chi connectivity index (χ0) is 46.2. The molecule has 2 aromatic rings. The summed E-state index contributed by atoms with van der Waals surface area (Å²) in [5, 5.41) is 10.4. The van der Waals surface area contributed by atoms with Gasteiger partial charge in [0.05, 0.1) is 34.5 Å². The maximum absolute atomic E-state index is 12.5. The molecule has 2 aliphatic heterocycles. The van der Waals surface area contributed by atoms with Crippen LogP contribution in [0.25, 0.3) is 0 Å². The van der Waals surface area contributed by atoms with Crippen LogP contribution in [0, 0.1) is 13.8 Å². The Bertz CT molecular complexity index is 1940. The molecule has 0 spiro atoms. The van der Waals surface area contributed by atoms with E-state index in [2.05, 4.69) is 67.6 Å². The van der Waals surface area contributed by atoms with Crippen molar-refractivity contribution in [2.75, 3.05) is 34.5 Å². The van der Waals surface area contributed by atoms with Gasteiger partial charge in [-0.1, -0.05) is 55.9 Å². The number of rotatable bonds is 19. The van der Waals surface area contributed by atoms with Crippen molar-refractivity contribution >= 4 is 57.2 Å². The van der Waals surface area contributed by atoms with Crippen LogP contribution in [0.5, 0.6) is 23.0 Å². The maximum atomic E-state index is 12.5. The molecular formula is C42H64N2O14SSi2. The lowest BCUT2D eigenvalue weighted by Gasteiger charge is -2.21. The Morgan fingerprint density at radius 1 is 0.787 bits per heavy atom. The standard InChI is InChI=1S/C23H34O6Si.C18H26O5Si.CH4N2O3S/c1-15(9-11-19(24)26-3)8-10-17-21(27-4)16(2)18-14-29-23(25)20(18)22(17)28-12-13-30(5,6)7;1-11(19)9-13-16(21-3)12(2)14-10-23-18(20)15(14)17(13)22-7-8-24(4,5)6;2-1(7)3-5-6-4/h8H,9-14H2,1-7H3;7-10H2,1-6H3;4H,(H3,2,3,7)/b15-8+;;. The van der Waals surface area contributed by atoms with Crippen LogP contribution in [0.1, 0.15) is 80.8 Å². The highest BCUT2D eigenvalue weighted by atomic mass is 32.1. The number of hydroxylamine groups is 1. The van der Waals surface area contributed by atoms with Gasteiger partial charge < -0.3 is 38.9 Å². The summed E-state index contributed by atoms with van der Waals surface area (Å²) < 4.78 is 38.7. The summed E-state index contributed by atoms with van der Waals surface area (Å²) in [7, 11) is 2.03. The minimum absolute atomic E-state index is 0.00550. The average Bonchev–Trinajstić information content (AvgIpc) is 3.76. The lowest BCUT2D eigenvalue weighted by molar-refractivity contribution is -0.506. The fourth-order valence-corrected chi connectivity index (χ4v) is 7.78. The second-order valence-corrected chi connectivity index (χ2v) is 28.6. The first-order valence-electron chi connectivity index (χ1n) is 19.8. The van der Waals surface area contributed by atoms with Gasteiger partial charge in [0.15, 0.2) is 5.11 Å². The number of ketones is 1. The summed E-state index contributed by atoms with van der Waals surface area (Å²) in [5.41, 5.74) is 13.6. The zero-order valence-electron chi connectivity index (χ0n) is 37.9. The molecule has 0 radical (unpaired) electrons. The van der Waals surface area contributed by atoms with E-state index in [0.717, 1.165) is 51.2 Å². The van der Waals surface area contributed by atoms with Crippen LogP contribution >= 0.6 is 12.2 Å². The maximum Gasteiger partial charge on any atom is 0.342 e. The minimum Gasteiger partial charge on any atom is -0.496 e. The van der Waals surface area contributed by atoms with Crippen LogP contribution in [0.2, 0.25) is 51.4 Å². The molecule has 4 N–H and O–H groups in total. The van der Waals surface area contributed by atoms with Crippen molar-refractivity contribution in [3.05, 3.63) is 56.2 Å². The third-order valence-corrected chi connectivity index (χ3v) is 13.2. The van der Waals surface area contributed by atoms with Crippen molar-refractivity contribution in [3.8, 4) is 23.0 Å². The number of fused-ring (bicyclic) bond motifs is 2. The first kappa shape index (κ1) is 52.6. The van der Waals surface area contributed by atoms with Crippen molar-refractivity contribution in [2.24, 2.45) is 5.73 Å². The van der Waals surface area contributed by atoms with Gasteiger partial charge in [0.2, 0.25) is 0 Å². The van der Waals surface area contributed by atoms with Crippen LogP contribution in [-0.4, -0.2) is 84.8 Å². The quantitative estimate of drug-likeness (QED) is 0.0237. The van der Waals surface area contributed by atoms with Crippen LogP contribution < -0.4 is 30.2 Å². The minimum atomic E-state index is -1.29. The summed E-state index contributed by atoms with van der Waals surface area (Å²) >= 11 is 4.21. The Morgan fingerprint density at radius 3 is 1.62 bits per heavy atom. The average molecular weight is 909 g/mol. The number of benzene rings is 2. The summed E-state index contributed by atoms with van der Waals surface area (Å²) in [4.78, 5) is 51.5. The Hall–Kier alpha value is -4.54. The molecule has 0 saturated carbocycles. The number of cyclic esters (lactones) is 2. The molecule has 2 aliphatic rings. The van der Waals surface area contributed by atoms with Gasteiger partial charge in [-0.25, -0.2) is 20.3 Å². The molecule has 0 amide bonds. The summed E-state index contributed by atoms with van der Waals surface area (Å²) in [6.07, 6.45) is 3.73. The van der Waals surface area contributed by atoms with E-state index in [4.69, 9.17) is 44.1 Å². The number of carbonyl (C=O) groups is 4.